The lowest BCUT2D eigenvalue weighted by Gasteiger charge is -2.07. The monoisotopic (exact) mass is 350 g/mol. The summed E-state index contributed by atoms with van der Waals surface area (Å²) in [5.41, 5.74) is 2.33. The zero-order valence-corrected chi connectivity index (χ0v) is 14.0. The van der Waals surface area contributed by atoms with Crippen LogP contribution in [0.5, 0.6) is 5.75 Å². The molecule has 0 bridgehead atoms. The SMILES string of the molecule is N#Cc1ccccc1COc1ccc(C=NN=C2NC(=O)CS2)cc1. The van der Waals surface area contributed by atoms with Crippen LogP contribution in [0.15, 0.2) is 58.7 Å². The number of amides is 1. The van der Waals surface area contributed by atoms with E-state index < -0.39 is 0 Å². The van der Waals surface area contributed by atoms with E-state index >= 15 is 0 Å². The maximum Gasteiger partial charge on any atom is 0.236 e. The van der Waals surface area contributed by atoms with E-state index in [1.54, 1.807) is 12.3 Å². The first kappa shape index (κ1) is 16.7. The summed E-state index contributed by atoms with van der Waals surface area (Å²) in [4.78, 5) is 11.0. The topological polar surface area (TPSA) is 86.8 Å². The molecule has 7 heteroatoms. The van der Waals surface area contributed by atoms with Crippen LogP contribution in [-0.4, -0.2) is 23.0 Å². The number of thioether (sulfide) groups is 1. The van der Waals surface area contributed by atoms with E-state index in [1.165, 1.54) is 11.8 Å². The number of benzene rings is 2. The number of amidine groups is 1. The van der Waals surface area contributed by atoms with Gasteiger partial charge in [0.25, 0.3) is 0 Å². The lowest BCUT2D eigenvalue weighted by molar-refractivity contribution is -0.116. The Morgan fingerprint density at radius 2 is 2.04 bits per heavy atom. The molecule has 0 saturated carbocycles. The second-order valence-electron chi connectivity index (χ2n) is 5.11. The largest absolute Gasteiger partial charge is 0.489 e. The van der Waals surface area contributed by atoms with Crippen molar-refractivity contribution in [2.75, 3.05) is 5.75 Å². The highest BCUT2D eigenvalue weighted by Gasteiger charge is 2.15. The average molecular weight is 350 g/mol. The van der Waals surface area contributed by atoms with Crippen molar-refractivity contribution in [1.29, 1.82) is 5.26 Å². The zero-order chi connectivity index (χ0) is 17.5. The number of hydrogen-bond donors (Lipinski definition) is 1. The van der Waals surface area contributed by atoms with Crippen LogP contribution in [0.1, 0.15) is 16.7 Å². The summed E-state index contributed by atoms with van der Waals surface area (Å²) in [5, 5.41) is 20.1. The molecule has 2 aromatic carbocycles. The van der Waals surface area contributed by atoms with Crippen LogP contribution >= 0.6 is 11.8 Å². The van der Waals surface area contributed by atoms with Crippen molar-refractivity contribution in [1.82, 2.24) is 5.32 Å². The van der Waals surface area contributed by atoms with Crippen LogP contribution in [0.3, 0.4) is 0 Å². The van der Waals surface area contributed by atoms with E-state index in [1.807, 2.05) is 42.5 Å². The van der Waals surface area contributed by atoms with E-state index in [0.29, 0.717) is 28.8 Å². The molecular formula is C18H14N4O2S. The molecule has 0 radical (unpaired) electrons. The molecule has 0 spiro atoms. The summed E-state index contributed by atoms with van der Waals surface area (Å²) < 4.78 is 5.71. The van der Waals surface area contributed by atoms with Crippen LogP contribution in [0.2, 0.25) is 0 Å². The third-order valence-corrected chi connectivity index (χ3v) is 4.22. The lowest BCUT2D eigenvalue weighted by Crippen LogP contribution is -2.19. The molecule has 25 heavy (non-hydrogen) atoms. The van der Waals surface area contributed by atoms with Gasteiger partial charge in [0, 0.05) is 5.56 Å². The highest BCUT2D eigenvalue weighted by atomic mass is 32.2. The van der Waals surface area contributed by atoms with Crippen molar-refractivity contribution in [2.45, 2.75) is 6.61 Å². The van der Waals surface area contributed by atoms with E-state index in [0.717, 1.165) is 11.1 Å². The minimum absolute atomic E-state index is 0.0570. The number of carbonyl (C=O) groups is 1. The zero-order valence-electron chi connectivity index (χ0n) is 13.2. The summed E-state index contributed by atoms with van der Waals surface area (Å²) in [6, 6.07) is 16.9. The van der Waals surface area contributed by atoms with Crippen LogP contribution in [-0.2, 0) is 11.4 Å². The van der Waals surface area contributed by atoms with Crippen molar-refractivity contribution in [3.05, 3.63) is 65.2 Å². The first-order valence-electron chi connectivity index (χ1n) is 7.49. The number of nitrogens with one attached hydrogen (secondary N) is 1. The Bertz CT molecular complexity index is 869. The highest BCUT2D eigenvalue weighted by Crippen LogP contribution is 2.15. The molecule has 1 aliphatic heterocycles. The minimum atomic E-state index is -0.0570. The maximum atomic E-state index is 11.0. The summed E-state index contributed by atoms with van der Waals surface area (Å²) in [6.07, 6.45) is 1.60. The minimum Gasteiger partial charge on any atom is -0.489 e. The fourth-order valence-corrected chi connectivity index (χ4v) is 2.72. The second-order valence-corrected chi connectivity index (χ2v) is 6.08. The van der Waals surface area contributed by atoms with Gasteiger partial charge < -0.3 is 10.1 Å². The number of nitriles is 1. The third-order valence-electron chi connectivity index (χ3n) is 3.35. The van der Waals surface area contributed by atoms with Crippen molar-refractivity contribution in [3.63, 3.8) is 0 Å². The van der Waals surface area contributed by atoms with Gasteiger partial charge in [-0.05, 0) is 35.9 Å². The normalized spacial score (nSPS) is 15.3. The molecule has 0 atom stereocenters. The molecule has 3 rings (SSSR count). The molecule has 0 aliphatic carbocycles. The molecule has 0 aromatic heterocycles. The molecule has 1 N–H and O–H groups in total. The van der Waals surface area contributed by atoms with Crippen molar-refractivity contribution >= 4 is 29.1 Å². The quantitative estimate of drug-likeness (QED) is 0.663. The fourth-order valence-electron chi connectivity index (χ4n) is 2.09. The maximum absolute atomic E-state index is 11.0. The van der Waals surface area contributed by atoms with Gasteiger partial charge in [0.05, 0.1) is 23.6 Å². The molecule has 6 nitrogen and oxygen atoms in total. The number of rotatable bonds is 5. The van der Waals surface area contributed by atoms with E-state index in [2.05, 4.69) is 21.6 Å². The summed E-state index contributed by atoms with van der Waals surface area (Å²) >= 11 is 1.33. The molecule has 124 valence electrons. The van der Waals surface area contributed by atoms with Crippen LogP contribution in [0, 0.1) is 11.3 Å². The standard InChI is InChI=1S/C18H14N4O2S/c19-9-14-3-1-2-4-15(14)11-24-16-7-5-13(6-8-16)10-20-22-18-21-17(23)12-25-18/h1-8,10H,11-12H2,(H,21,22,23). The van der Waals surface area contributed by atoms with Crippen LogP contribution in [0.25, 0.3) is 0 Å². The molecular weight excluding hydrogens is 336 g/mol. The predicted octanol–water partition coefficient (Wildman–Crippen LogP) is 2.69. The molecule has 1 fully saturated rings. The number of ether oxygens (including phenoxy) is 1. The number of carbonyl (C=O) groups excluding carboxylic acids is 1. The Morgan fingerprint density at radius 1 is 1.24 bits per heavy atom. The van der Waals surface area contributed by atoms with Crippen molar-refractivity contribution in [2.24, 2.45) is 10.2 Å². The number of nitrogens with zero attached hydrogens (tertiary/aromatic N) is 3. The second kappa shape index (κ2) is 8.13. The fraction of sp³-hybridized carbons (Fsp3) is 0.111. The van der Waals surface area contributed by atoms with Gasteiger partial charge in [-0.15, -0.1) is 5.10 Å². The van der Waals surface area contributed by atoms with Crippen LogP contribution in [0.4, 0.5) is 0 Å². The first-order chi connectivity index (χ1) is 12.2. The van der Waals surface area contributed by atoms with Gasteiger partial charge in [-0.2, -0.15) is 10.4 Å². The molecule has 1 aliphatic rings. The van der Waals surface area contributed by atoms with E-state index in [-0.39, 0.29) is 5.91 Å². The van der Waals surface area contributed by atoms with Gasteiger partial charge in [0.15, 0.2) is 5.17 Å². The lowest BCUT2D eigenvalue weighted by atomic mass is 10.1. The summed E-state index contributed by atoms with van der Waals surface area (Å²) in [7, 11) is 0. The summed E-state index contributed by atoms with van der Waals surface area (Å²) in [5.74, 6) is 1.03. The predicted molar refractivity (Wildman–Crippen MR) is 97.6 cm³/mol. The number of hydrogen-bond acceptors (Lipinski definition) is 6. The Kier molecular flexibility index (Phi) is 5.44. The van der Waals surface area contributed by atoms with Gasteiger partial charge in [-0.25, -0.2) is 0 Å². The Labute approximate surface area is 149 Å². The Balaban J connectivity index is 1.57. The van der Waals surface area contributed by atoms with Gasteiger partial charge >= 0.3 is 0 Å². The average Bonchev–Trinajstić information content (AvgIpc) is 3.06. The van der Waals surface area contributed by atoms with Crippen molar-refractivity contribution in [3.8, 4) is 11.8 Å². The van der Waals surface area contributed by atoms with Crippen LogP contribution < -0.4 is 10.1 Å². The third kappa shape index (κ3) is 4.68. The van der Waals surface area contributed by atoms with E-state index in [4.69, 9.17) is 10.00 Å². The molecule has 0 unspecified atom stereocenters. The van der Waals surface area contributed by atoms with Gasteiger partial charge in [-0.3, -0.25) is 4.79 Å². The molecule has 1 heterocycles. The van der Waals surface area contributed by atoms with E-state index in [9.17, 15) is 4.79 Å². The summed E-state index contributed by atoms with van der Waals surface area (Å²) in [6.45, 7) is 0.335. The molecule has 1 saturated heterocycles. The van der Waals surface area contributed by atoms with Gasteiger partial charge in [-0.1, -0.05) is 30.0 Å². The smallest absolute Gasteiger partial charge is 0.236 e. The van der Waals surface area contributed by atoms with Crippen molar-refractivity contribution < 1.29 is 9.53 Å². The van der Waals surface area contributed by atoms with Gasteiger partial charge in [0.2, 0.25) is 5.91 Å². The Hall–Kier alpha value is -3.11. The Morgan fingerprint density at radius 3 is 2.76 bits per heavy atom. The van der Waals surface area contributed by atoms with Gasteiger partial charge in [0.1, 0.15) is 12.4 Å². The first-order valence-corrected chi connectivity index (χ1v) is 8.48. The molecule has 2 aromatic rings. The molecule has 1 amide bonds. The highest BCUT2D eigenvalue weighted by molar-refractivity contribution is 8.15.